The van der Waals surface area contributed by atoms with Crippen molar-refractivity contribution in [1.82, 2.24) is 5.32 Å². The van der Waals surface area contributed by atoms with Crippen LogP contribution in [0.1, 0.15) is 296 Å². The number of aliphatic hydroxyl groups is 1. The van der Waals surface area contributed by atoms with E-state index in [0.29, 0.717) is 23.9 Å². The number of aliphatic hydroxyl groups excluding tert-OH is 1. The third-order valence-corrected chi connectivity index (χ3v) is 14.3. The maximum absolute atomic E-state index is 13.0. The SMILES string of the molecule is CCCCCCCCCCCCCCCCCCCCCCCCC(=O)NC(COP(=O)([O-])OCC[N+](C)(C)C)C(O)CCCCCCCCCCCCCCCCCCCCCC. The molecule has 0 heterocycles. The lowest BCUT2D eigenvalue weighted by atomic mass is 10.0. The fraction of sp³-hybridized carbons (Fsp3) is 0.982. The third-order valence-electron chi connectivity index (χ3n) is 13.3. The Balaban J connectivity index is 4.14. The van der Waals surface area contributed by atoms with E-state index in [-0.39, 0.29) is 19.1 Å². The van der Waals surface area contributed by atoms with E-state index in [9.17, 15) is 19.4 Å². The van der Waals surface area contributed by atoms with E-state index in [0.717, 1.165) is 38.5 Å². The molecule has 3 unspecified atom stereocenters. The van der Waals surface area contributed by atoms with Gasteiger partial charge in [-0.2, -0.15) is 0 Å². The van der Waals surface area contributed by atoms with Gasteiger partial charge in [0.05, 0.1) is 39.9 Å². The number of likely N-dealkylation sites (N-methyl/N-ethyl adjacent to an activating group) is 1. The number of carbonyl (C=O) groups is 1. The normalized spacial score (nSPS) is 13.9. The molecular weight excluding hydrogens is 816 g/mol. The van der Waals surface area contributed by atoms with Crippen LogP contribution in [0.4, 0.5) is 0 Å². The minimum atomic E-state index is -4.57. The highest BCUT2D eigenvalue weighted by atomic mass is 31.2. The molecule has 1 amide bonds. The van der Waals surface area contributed by atoms with E-state index in [1.165, 1.54) is 231 Å². The second kappa shape index (κ2) is 47.6. The van der Waals surface area contributed by atoms with E-state index >= 15 is 0 Å². The van der Waals surface area contributed by atoms with Gasteiger partial charge in [-0.15, -0.1) is 0 Å². The molecule has 0 rings (SSSR count). The van der Waals surface area contributed by atoms with Gasteiger partial charge in [0.15, 0.2) is 0 Å². The monoisotopic (exact) mass is 929 g/mol. The molecular formula is C55H113N2O6P. The summed E-state index contributed by atoms with van der Waals surface area (Å²) in [5, 5.41) is 14.0. The Morgan fingerprint density at radius 3 is 1.06 bits per heavy atom. The highest BCUT2D eigenvalue weighted by Gasteiger charge is 2.24. The number of unbranched alkanes of at least 4 members (excludes halogenated alkanes) is 40. The number of hydrogen-bond donors (Lipinski definition) is 2. The van der Waals surface area contributed by atoms with Crippen LogP contribution in [0.5, 0.6) is 0 Å². The summed E-state index contributed by atoms with van der Waals surface area (Å²) in [7, 11) is 1.32. The molecule has 8 nitrogen and oxygen atoms in total. The quantitative estimate of drug-likeness (QED) is 0.0357. The average molecular weight is 929 g/mol. The molecule has 64 heavy (non-hydrogen) atoms. The fourth-order valence-electron chi connectivity index (χ4n) is 8.87. The third kappa shape index (κ3) is 49.4. The standard InChI is InChI=1S/C55H113N2O6P/c1-6-8-10-12-14-16-18-20-22-24-26-28-29-31-33-35-37-39-41-43-45-47-49-55(59)56-53(52-63-64(60,61)62-51-50-57(3,4)5)54(58)48-46-44-42-40-38-36-34-32-30-27-25-23-21-19-17-15-13-11-9-7-2/h53-54,58H,6-52H2,1-5H3,(H-,56,59,60,61). The predicted molar refractivity (Wildman–Crippen MR) is 275 cm³/mol. The van der Waals surface area contributed by atoms with Crippen molar-refractivity contribution in [3.63, 3.8) is 0 Å². The van der Waals surface area contributed by atoms with Crippen molar-refractivity contribution in [1.29, 1.82) is 0 Å². The Labute approximate surface area is 399 Å². The molecule has 0 aliphatic heterocycles. The van der Waals surface area contributed by atoms with Crippen molar-refractivity contribution in [2.75, 3.05) is 40.9 Å². The molecule has 0 saturated heterocycles. The number of amides is 1. The summed E-state index contributed by atoms with van der Waals surface area (Å²) in [6.45, 7) is 4.78. The Bertz CT molecular complexity index is 1010. The number of nitrogens with zero attached hydrogens (tertiary/aromatic N) is 1. The maximum Gasteiger partial charge on any atom is 0.268 e. The Morgan fingerprint density at radius 1 is 0.484 bits per heavy atom. The number of rotatable bonds is 53. The van der Waals surface area contributed by atoms with E-state index < -0.39 is 20.0 Å². The first kappa shape index (κ1) is 63.5. The summed E-state index contributed by atoms with van der Waals surface area (Å²) in [4.78, 5) is 25.5. The van der Waals surface area contributed by atoms with Crippen molar-refractivity contribution < 1.29 is 32.9 Å². The lowest BCUT2D eigenvalue weighted by Gasteiger charge is -2.30. The van der Waals surface area contributed by atoms with Crippen LogP contribution in [0.2, 0.25) is 0 Å². The molecule has 0 saturated carbocycles. The maximum atomic E-state index is 13.0. The minimum Gasteiger partial charge on any atom is -0.756 e. The van der Waals surface area contributed by atoms with Crippen molar-refractivity contribution in [2.45, 2.75) is 309 Å². The van der Waals surface area contributed by atoms with Crippen LogP contribution >= 0.6 is 7.82 Å². The lowest BCUT2D eigenvalue weighted by Crippen LogP contribution is -2.46. The molecule has 3 atom stereocenters. The summed E-state index contributed by atoms with van der Waals surface area (Å²) >= 11 is 0. The molecule has 9 heteroatoms. The van der Waals surface area contributed by atoms with Gasteiger partial charge in [0.25, 0.3) is 7.82 Å². The van der Waals surface area contributed by atoms with Crippen LogP contribution in [0.3, 0.4) is 0 Å². The summed E-state index contributed by atoms with van der Waals surface area (Å²) in [6.07, 6.45) is 55.5. The van der Waals surface area contributed by atoms with Crippen molar-refractivity contribution >= 4 is 13.7 Å². The fourth-order valence-corrected chi connectivity index (χ4v) is 9.59. The number of nitrogens with one attached hydrogen (secondary N) is 1. The summed E-state index contributed by atoms with van der Waals surface area (Å²) in [5.74, 6) is -0.156. The topological polar surface area (TPSA) is 108 Å². The van der Waals surface area contributed by atoms with E-state index in [1.54, 1.807) is 0 Å². The van der Waals surface area contributed by atoms with Crippen molar-refractivity contribution in [3.8, 4) is 0 Å². The molecule has 0 spiro atoms. The molecule has 0 radical (unpaired) electrons. The first-order chi connectivity index (χ1) is 31.0. The molecule has 0 aromatic heterocycles. The van der Waals surface area contributed by atoms with Crippen LogP contribution in [0.15, 0.2) is 0 Å². The minimum absolute atomic E-state index is 0.0166. The number of carbonyl (C=O) groups excluding carboxylic acids is 1. The Morgan fingerprint density at radius 2 is 0.766 bits per heavy atom. The average Bonchev–Trinajstić information content (AvgIpc) is 3.25. The lowest BCUT2D eigenvalue weighted by molar-refractivity contribution is -0.870. The number of quaternary nitrogens is 1. The molecule has 384 valence electrons. The van der Waals surface area contributed by atoms with Crippen molar-refractivity contribution in [2.24, 2.45) is 0 Å². The second-order valence-corrected chi connectivity index (χ2v) is 22.4. The van der Waals surface area contributed by atoms with Crippen molar-refractivity contribution in [3.05, 3.63) is 0 Å². The number of phosphoric ester groups is 1. The molecule has 0 bridgehead atoms. The van der Waals surface area contributed by atoms with Crippen LogP contribution in [0.25, 0.3) is 0 Å². The molecule has 0 aromatic carbocycles. The van der Waals surface area contributed by atoms with Gasteiger partial charge < -0.3 is 28.8 Å². The zero-order valence-corrected chi connectivity index (χ0v) is 44.7. The second-order valence-electron chi connectivity index (χ2n) is 21.0. The van der Waals surface area contributed by atoms with Crippen LogP contribution in [0, 0.1) is 0 Å². The highest BCUT2D eigenvalue weighted by molar-refractivity contribution is 7.45. The molecule has 2 N–H and O–H groups in total. The van der Waals surface area contributed by atoms with Gasteiger partial charge in [0.1, 0.15) is 13.2 Å². The summed E-state index contributed by atoms with van der Waals surface area (Å²) < 4.78 is 23.4. The molecule has 0 fully saturated rings. The van der Waals surface area contributed by atoms with Gasteiger partial charge in [-0.25, -0.2) is 0 Å². The van der Waals surface area contributed by atoms with Crippen LogP contribution in [-0.4, -0.2) is 68.5 Å². The number of hydrogen-bond acceptors (Lipinski definition) is 6. The summed E-state index contributed by atoms with van der Waals surface area (Å²) in [6, 6.07) is -0.795. The molecule has 0 aromatic rings. The Hall–Kier alpha value is -0.500. The zero-order valence-electron chi connectivity index (χ0n) is 43.8. The van der Waals surface area contributed by atoms with Gasteiger partial charge >= 0.3 is 0 Å². The molecule has 0 aliphatic carbocycles. The van der Waals surface area contributed by atoms with Gasteiger partial charge in [0, 0.05) is 6.42 Å². The van der Waals surface area contributed by atoms with Gasteiger partial charge in [-0.05, 0) is 12.8 Å². The predicted octanol–water partition coefficient (Wildman–Crippen LogP) is 16.2. The van der Waals surface area contributed by atoms with E-state index in [1.807, 2.05) is 21.1 Å². The van der Waals surface area contributed by atoms with Crippen LogP contribution < -0.4 is 10.2 Å². The first-order valence-corrected chi connectivity index (χ1v) is 29.8. The van der Waals surface area contributed by atoms with Gasteiger partial charge in [-0.3, -0.25) is 9.36 Å². The highest BCUT2D eigenvalue weighted by Crippen LogP contribution is 2.38. The van der Waals surface area contributed by atoms with Gasteiger partial charge in [-0.1, -0.05) is 277 Å². The van der Waals surface area contributed by atoms with E-state index in [4.69, 9.17) is 9.05 Å². The summed E-state index contributed by atoms with van der Waals surface area (Å²) in [5.41, 5.74) is 0. The smallest absolute Gasteiger partial charge is 0.268 e. The van der Waals surface area contributed by atoms with Crippen LogP contribution in [-0.2, 0) is 18.4 Å². The first-order valence-electron chi connectivity index (χ1n) is 28.4. The number of phosphoric acid groups is 1. The molecule has 0 aliphatic rings. The zero-order chi connectivity index (χ0) is 47.1. The largest absolute Gasteiger partial charge is 0.756 e. The van der Waals surface area contributed by atoms with Gasteiger partial charge in [0.2, 0.25) is 5.91 Å². The Kier molecular flexibility index (Phi) is 47.2. The van der Waals surface area contributed by atoms with E-state index in [2.05, 4.69) is 19.2 Å².